The Kier molecular flexibility index (Phi) is 9.42. The van der Waals surface area contributed by atoms with Crippen molar-refractivity contribution in [3.8, 4) is 0 Å². The third-order valence-corrected chi connectivity index (χ3v) is 0.556. The quantitative estimate of drug-likeness (QED) is 0.533. The molecule has 0 aliphatic carbocycles. The predicted octanol–water partition coefficient (Wildman–Crippen LogP) is 1.40. The molecule has 1 aromatic carbocycles. The second kappa shape index (κ2) is 6.36. The summed E-state index contributed by atoms with van der Waals surface area (Å²) in [6.45, 7) is 0. The van der Waals surface area contributed by atoms with E-state index in [1.165, 1.54) is 0 Å². The fourth-order valence-electron chi connectivity index (χ4n) is 0.321. The summed E-state index contributed by atoms with van der Waals surface area (Å²) >= 11 is 0. The van der Waals surface area contributed by atoms with Gasteiger partial charge in [-0.05, 0) is 0 Å². The van der Waals surface area contributed by atoms with E-state index in [0.717, 1.165) is 0 Å². The molecule has 0 N–H and O–H groups in total. The van der Waals surface area contributed by atoms with Crippen LogP contribution in [0.2, 0.25) is 0 Å². The SMILES string of the molecule is [Co].[Co].c1cc[cH-]c1. The minimum absolute atomic E-state index is 0. The van der Waals surface area contributed by atoms with Crippen LogP contribution < -0.4 is 0 Å². The Morgan fingerprint density at radius 2 is 1.29 bits per heavy atom. The molecule has 0 aliphatic heterocycles. The molecule has 0 nitrogen and oxygen atoms in total. The minimum Gasteiger partial charge on any atom is -0.214 e. The molecule has 0 saturated heterocycles. The van der Waals surface area contributed by atoms with Crippen LogP contribution in [0.5, 0.6) is 0 Å². The van der Waals surface area contributed by atoms with E-state index in [1.54, 1.807) is 0 Å². The molecule has 0 amide bonds. The standard InChI is InChI=1S/C5H5.2Co/c1-2-4-5-3-1;;/h1-5H;;/q-1;;. The molecule has 0 saturated carbocycles. The summed E-state index contributed by atoms with van der Waals surface area (Å²) in [5.41, 5.74) is 0. The zero-order chi connectivity index (χ0) is 3.54. The van der Waals surface area contributed by atoms with Gasteiger partial charge in [0.2, 0.25) is 0 Å². The van der Waals surface area contributed by atoms with E-state index in [-0.39, 0.29) is 33.6 Å². The van der Waals surface area contributed by atoms with E-state index >= 15 is 0 Å². The summed E-state index contributed by atoms with van der Waals surface area (Å²) in [5.74, 6) is 0. The van der Waals surface area contributed by atoms with Gasteiger partial charge < -0.3 is 0 Å². The van der Waals surface area contributed by atoms with Crippen LogP contribution in [0.15, 0.2) is 30.3 Å². The van der Waals surface area contributed by atoms with E-state index in [1.807, 2.05) is 30.3 Å². The molecule has 7 heavy (non-hydrogen) atoms. The number of hydrogen-bond acceptors (Lipinski definition) is 0. The maximum atomic E-state index is 2.00. The van der Waals surface area contributed by atoms with Gasteiger partial charge in [0.05, 0.1) is 0 Å². The fraction of sp³-hybridized carbons (Fsp3) is 0. The van der Waals surface area contributed by atoms with Gasteiger partial charge in [-0.25, -0.2) is 12.1 Å². The molecule has 2 heteroatoms. The van der Waals surface area contributed by atoms with Crippen molar-refractivity contribution in [3.05, 3.63) is 30.3 Å². The van der Waals surface area contributed by atoms with Gasteiger partial charge >= 0.3 is 0 Å². The van der Waals surface area contributed by atoms with Crippen LogP contribution in [0.25, 0.3) is 0 Å². The minimum atomic E-state index is 0. The van der Waals surface area contributed by atoms with E-state index in [4.69, 9.17) is 0 Å². The fourth-order valence-corrected chi connectivity index (χ4v) is 0.321. The van der Waals surface area contributed by atoms with Crippen molar-refractivity contribution in [2.75, 3.05) is 0 Å². The molecule has 2 radical (unpaired) electrons. The third-order valence-electron chi connectivity index (χ3n) is 0.556. The van der Waals surface area contributed by atoms with Crippen LogP contribution in [0, 0.1) is 0 Å². The van der Waals surface area contributed by atoms with Crippen LogP contribution in [0.4, 0.5) is 0 Å². The van der Waals surface area contributed by atoms with Gasteiger partial charge in [0.25, 0.3) is 0 Å². The first-order valence-corrected chi connectivity index (χ1v) is 1.67. The van der Waals surface area contributed by atoms with Crippen LogP contribution in [0.1, 0.15) is 0 Å². The Morgan fingerprint density at radius 3 is 1.43 bits per heavy atom. The molecule has 0 fully saturated rings. The second-order valence-corrected chi connectivity index (χ2v) is 0.962. The summed E-state index contributed by atoms with van der Waals surface area (Å²) in [5, 5.41) is 0. The number of rotatable bonds is 0. The maximum Gasteiger partial charge on any atom is 0 e. The zero-order valence-corrected chi connectivity index (χ0v) is 5.64. The monoisotopic (exact) mass is 183 g/mol. The second-order valence-electron chi connectivity index (χ2n) is 0.962. The maximum absolute atomic E-state index is 2.00. The average Bonchev–Trinajstić information content (AvgIpc) is 1.76. The summed E-state index contributed by atoms with van der Waals surface area (Å²) in [6.07, 6.45) is 0. The molecule has 0 spiro atoms. The molecule has 0 aromatic heterocycles. The van der Waals surface area contributed by atoms with Crippen LogP contribution in [-0.4, -0.2) is 0 Å². The average molecular weight is 183 g/mol. The Morgan fingerprint density at radius 1 is 0.857 bits per heavy atom. The van der Waals surface area contributed by atoms with Crippen molar-refractivity contribution in [1.82, 2.24) is 0 Å². The molecule has 0 unspecified atom stereocenters. The molecule has 44 valence electrons. The Bertz CT molecular complexity index is 62.6. The normalized spacial score (nSPS) is 5.71. The smallest absolute Gasteiger partial charge is 0 e. The summed E-state index contributed by atoms with van der Waals surface area (Å²) in [6, 6.07) is 10.0. The van der Waals surface area contributed by atoms with E-state index < -0.39 is 0 Å². The van der Waals surface area contributed by atoms with Gasteiger partial charge in [0, 0.05) is 33.6 Å². The van der Waals surface area contributed by atoms with Gasteiger partial charge in [-0.1, -0.05) is 0 Å². The van der Waals surface area contributed by atoms with Gasteiger partial charge in [-0.15, -0.1) is 0 Å². The predicted molar refractivity (Wildman–Crippen MR) is 22.0 cm³/mol. The molecule has 0 bridgehead atoms. The van der Waals surface area contributed by atoms with Gasteiger partial charge in [0.15, 0.2) is 0 Å². The van der Waals surface area contributed by atoms with Crippen molar-refractivity contribution >= 4 is 0 Å². The van der Waals surface area contributed by atoms with Gasteiger partial charge in [-0.2, -0.15) is 18.2 Å². The summed E-state index contributed by atoms with van der Waals surface area (Å²) in [7, 11) is 0. The van der Waals surface area contributed by atoms with Crippen molar-refractivity contribution < 1.29 is 33.6 Å². The van der Waals surface area contributed by atoms with Crippen molar-refractivity contribution in [2.45, 2.75) is 0 Å². The van der Waals surface area contributed by atoms with Crippen molar-refractivity contribution in [3.63, 3.8) is 0 Å². The Hall–Kier alpha value is 0.363. The molecule has 0 heterocycles. The first kappa shape index (κ1) is 10.4. The molecule has 0 aliphatic rings. The summed E-state index contributed by atoms with van der Waals surface area (Å²) in [4.78, 5) is 0. The van der Waals surface area contributed by atoms with Crippen LogP contribution in [0.3, 0.4) is 0 Å². The topological polar surface area (TPSA) is 0 Å². The third kappa shape index (κ3) is 4.21. The van der Waals surface area contributed by atoms with Crippen LogP contribution >= 0.6 is 0 Å². The van der Waals surface area contributed by atoms with E-state index in [0.29, 0.717) is 0 Å². The van der Waals surface area contributed by atoms with Crippen molar-refractivity contribution in [2.24, 2.45) is 0 Å². The van der Waals surface area contributed by atoms with Gasteiger partial charge in [-0.3, -0.25) is 0 Å². The van der Waals surface area contributed by atoms with Crippen molar-refractivity contribution in [1.29, 1.82) is 0 Å². The largest absolute Gasteiger partial charge is 0.214 e. The van der Waals surface area contributed by atoms with E-state index in [9.17, 15) is 0 Å². The molecule has 1 aromatic rings. The molecular formula is C5H5Co2-. The molecular weight excluding hydrogens is 178 g/mol. The Balaban J connectivity index is 0. The Labute approximate surface area is 64.1 Å². The first-order valence-electron chi connectivity index (χ1n) is 1.67. The van der Waals surface area contributed by atoms with E-state index in [2.05, 4.69) is 0 Å². The first-order chi connectivity index (χ1) is 2.50. The zero-order valence-electron chi connectivity index (χ0n) is 3.55. The number of hydrogen-bond donors (Lipinski definition) is 0. The molecule has 1 rings (SSSR count). The van der Waals surface area contributed by atoms with Gasteiger partial charge in [0.1, 0.15) is 0 Å². The molecule has 0 atom stereocenters. The van der Waals surface area contributed by atoms with Crippen LogP contribution in [-0.2, 0) is 33.6 Å². The summed E-state index contributed by atoms with van der Waals surface area (Å²) < 4.78 is 0.